The second kappa shape index (κ2) is 14.2. The maximum absolute atomic E-state index is 2.40. The van der Waals surface area contributed by atoms with Crippen molar-refractivity contribution in [1.82, 2.24) is 0 Å². The number of rotatable bonds is 2. The molecule has 0 heteroatoms. The van der Waals surface area contributed by atoms with Crippen LogP contribution in [0.5, 0.6) is 0 Å². The largest absolute Gasteiger partial charge is 0.0625 e. The van der Waals surface area contributed by atoms with E-state index in [1.165, 1.54) is 103 Å². The fraction of sp³-hybridized carbons (Fsp3) is 1.00. The van der Waals surface area contributed by atoms with Gasteiger partial charge in [-0.2, -0.15) is 0 Å². The first-order chi connectivity index (χ1) is 11.6. The zero-order valence-electron chi connectivity index (χ0n) is 17.6. The fourth-order valence-corrected chi connectivity index (χ4v) is 4.66. The molecule has 0 unspecified atom stereocenters. The normalized spacial score (nSPS) is 23.2. The van der Waals surface area contributed by atoms with Gasteiger partial charge in [0.05, 0.1) is 0 Å². The van der Waals surface area contributed by atoms with Gasteiger partial charge in [-0.3, -0.25) is 0 Å². The highest BCUT2D eigenvalue weighted by Gasteiger charge is 2.14. The maximum atomic E-state index is 2.40. The van der Waals surface area contributed by atoms with Crippen molar-refractivity contribution in [2.24, 2.45) is 23.7 Å². The maximum Gasteiger partial charge on any atom is -0.0391 e. The average Bonchev–Trinajstić information content (AvgIpc) is 2.52. The summed E-state index contributed by atoms with van der Waals surface area (Å²) >= 11 is 0. The molecule has 2 fully saturated rings. The first kappa shape index (κ1) is 22.0. The van der Waals surface area contributed by atoms with Crippen molar-refractivity contribution < 1.29 is 0 Å². The van der Waals surface area contributed by atoms with Crippen LogP contribution in [0, 0.1) is 23.7 Å². The summed E-state index contributed by atoms with van der Waals surface area (Å²) < 4.78 is 0. The van der Waals surface area contributed by atoms with Gasteiger partial charge in [0, 0.05) is 0 Å². The van der Waals surface area contributed by atoms with Crippen LogP contribution >= 0.6 is 0 Å². The third-order valence-electron chi connectivity index (χ3n) is 6.69. The molecule has 0 aromatic carbocycles. The molecule has 0 amide bonds. The minimum Gasteiger partial charge on any atom is -0.0625 e. The third kappa shape index (κ3) is 10.8. The first-order valence-electron chi connectivity index (χ1n) is 11.6. The Morgan fingerprint density at radius 3 is 0.792 bits per heavy atom. The van der Waals surface area contributed by atoms with E-state index >= 15 is 0 Å². The lowest BCUT2D eigenvalue weighted by molar-refractivity contribution is 0.298. The van der Waals surface area contributed by atoms with Crippen LogP contribution in [0.2, 0.25) is 0 Å². The molecule has 0 aromatic rings. The van der Waals surface area contributed by atoms with Crippen molar-refractivity contribution in [1.29, 1.82) is 0 Å². The van der Waals surface area contributed by atoms with Gasteiger partial charge in [-0.25, -0.2) is 0 Å². The van der Waals surface area contributed by atoms with Gasteiger partial charge in [0.2, 0.25) is 0 Å². The van der Waals surface area contributed by atoms with E-state index in [1.54, 1.807) is 0 Å². The predicted molar refractivity (Wildman–Crippen MR) is 111 cm³/mol. The van der Waals surface area contributed by atoms with E-state index in [1.807, 2.05) is 0 Å². The van der Waals surface area contributed by atoms with Crippen LogP contribution < -0.4 is 0 Å². The van der Waals surface area contributed by atoms with Crippen molar-refractivity contribution in [3.63, 3.8) is 0 Å². The van der Waals surface area contributed by atoms with Gasteiger partial charge in [0.25, 0.3) is 0 Å². The molecule has 0 aromatic heterocycles. The van der Waals surface area contributed by atoms with Crippen LogP contribution in [0.15, 0.2) is 0 Å². The van der Waals surface area contributed by atoms with E-state index in [-0.39, 0.29) is 0 Å². The molecule has 2 aliphatic carbocycles. The molecule has 0 aliphatic heterocycles. The van der Waals surface area contributed by atoms with Crippen LogP contribution in [0.3, 0.4) is 0 Å². The Labute approximate surface area is 154 Å². The molecule has 0 radical (unpaired) electrons. The molecule has 0 nitrogen and oxygen atoms in total. The van der Waals surface area contributed by atoms with Crippen molar-refractivity contribution in [3.8, 4) is 0 Å². The topological polar surface area (TPSA) is 0 Å². The summed E-state index contributed by atoms with van der Waals surface area (Å²) in [6.07, 6.45) is 23.9. The quantitative estimate of drug-likeness (QED) is 0.472. The van der Waals surface area contributed by atoms with Gasteiger partial charge in [-0.05, 0) is 23.7 Å². The minimum atomic E-state index is 0.916. The Balaban J connectivity index is 0.000000243. The Morgan fingerprint density at radius 2 is 0.583 bits per heavy atom. The summed E-state index contributed by atoms with van der Waals surface area (Å²) in [4.78, 5) is 0. The number of hydrogen-bond acceptors (Lipinski definition) is 0. The predicted octanol–water partition coefficient (Wildman–Crippen LogP) is 8.79. The van der Waals surface area contributed by atoms with Gasteiger partial charge in [-0.1, -0.05) is 130 Å². The summed E-state index contributed by atoms with van der Waals surface area (Å²) in [6.45, 7) is 9.56. The Bertz CT molecular complexity index is 247. The third-order valence-corrected chi connectivity index (χ3v) is 6.69. The van der Waals surface area contributed by atoms with E-state index in [4.69, 9.17) is 0 Å². The number of hydrogen-bond donors (Lipinski definition) is 0. The summed E-state index contributed by atoms with van der Waals surface area (Å²) in [5, 5.41) is 0. The molecular formula is C24H48. The first-order valence-corrected chi connectivity index (χ1v) is 11.6. The summed E-state index contributed by atoms with van der Waals surface area (Å²) in [6, 6.07) is 0. The molecule has 0 heterocycles. The van der Waals surface area contributed by atoms with Gasteiger partial charge < -0.3 is 0 Å². The molecule has 0 saturated heterocycles. The summed E-state index contributed by atoms with van der Waals surface area (Å²) in [5.74, 6) is 3.90. The second-order valence-electron chi connectivity index (χ2n) is 9.41. The monoisotopic (exact) mass is 336 g/mol. The van der Waals surface area contributed by atoms with Crippen molar-refractivity contribution in [2.75, 3.05) is 0 Å². The van der Waals surface area contributed by atoms with Crippen LogP contribution in [0.25, 0.3) is 0 Å². The standard InChI is InChI=1S/C13H26.C11H22/c1-12(2)13-10-8-6-4-3-5-7-9-11-13;1-10(2)11-8-6-4-3-5-7-9-11/h12-13H,3-11H2,1-2H3;10-11H,3-9H2,1-2H3. The van der Waals surface area contributed by atoms with E-state index in [9.17, 15) is 0 Å². The van der Waals surface area contributed by atoms with E-state index < -0.39 is 0 Å². The van der Waals surface area contributed by atoms with Gasteiger partial charge in [-0.15, -0.1) is 0 Å². The zero-order chi connectivity index (χ0) is 17.6. The molecule has 2 saturated carbocycles. The van der Waals surface area contributed by atoms with Gasteiger partial charge in [0.1, 0.15) is 0 Å². The van der Waals surface area contributed by atoms with Crippen LogP contribution in [0.1, 0.15) is 130 Å². The Kier molecular flexibility index (Phi) is 13.0. The average molecular weight is 337 g/mol. The lowest BCUT2D eigenvalue weighted by Crippen LogP contribution is -2.10. The molecule has 0 N–H and O–H groups in total. The molecule has 24 heavy (non-hydrogen) atoms. The van der Waals surface area contributed by atoms with Crippen LogP contribution in [-0.2, 0) is 0 Å². The molecule has 144 valence electrons. The lowest BCUT2D eigenvalue weighted by atomic mass is 9.84. The summed E-state index contributed by atoms with van der Waals surface area (Å²) in [5.41, 5.74) is 0. The fourth-order valence-electron chi connectivity index (χ4n) is 4.66. The smallest absolute Gasteiger partial charge is 0.0391 e. The van der Waals surface area contributed by atoms with E-state index in [2.05, 4.69) is 27.7 Å². The van der Waals surface area contributed by atoms with Crippen molar-refractivity contribution in [2.45, 2.75) is 130 Å². The van der Waals surface area contributed by atoms with Crippen LogP contribution in [0.4, 0.5) is 0 Å². The molecule has 0 atom stereocenters. The van der Waals surface area contributed by atoms with Crippen molar-refractivity contribution >= 4 is 0 Å². The van der Waals surface area contributed by atoms with E-state index in [0.717, 1.165) is 23.7 Å². The minimum absolute atomic E-state index is 0.916. The SMILES string of the molecule is CC(C)C1CCCCCCC1.CC(C)C1CCCCCCCCC1. The second-order valence-corrected chi connectivity index (χ2v) is 9.41. The highest BCUT2D eigenvalue weighted by atomic mass is 14.2. The van der Waals surface area contributed by atoms with E-state index in [0.29, 0.717) is 0 Å². The zero-order valence-corrected chi connectivity index (χ0v) is 17.6. The molecule has 2 aliphatic rings. The lowest BCUT2D eigenvalue weighted by Gasteiger charge is -2.22. The van der Waals surface area contributed by atoms with Crippen molar-refractivity contribution in [3.05, 3.63) is 0 Å². The highest BCUT2D eigenvalue weighted by Crippen LogP contribution is 2.28. The molecular weight excluding hydrogens is 288 g/mol. The Hall–Kier alpha value is 0. The van der Waals surface area contributed by atoms with Gasteiger partial charge in [0.15, 0.2) is 0 Å². The van der Waals surface area contributed by atoms with Gasteiger partial charge >= 0.3 is 0 Å². The Morgan fingerprint density at radius 1 is 0.375 bits per heavy atom. The molecule has 2 rings (SSSR count). The highest BCUT2D eigenvalue weighted by molar-refractivity contribution is 4.66. The van der Waals surface area contributed by atoms with Crippen LogP contribution in [-0.4, -0.2) is 0 Å². The molecule has 0 spiro atoms. The summed E-state index contributed by atoms with van der Waals surface area (Å²) in [7, 11) is 0. The molecule has 0 bridgehead atoms.